The average Bonchev–Trinajstić information content (AvgIpc) is 2.60. The molecule has 0 fully saturated rings. The van der Waals surface area contributed by atoms with Crippen molar-refractivity contribution in [2.24, 2.45) is 12.9 Å². The molecule has 0 bridgehead atoms. The van der Waals surface area contributed by atoms with Crippen molar-refractivity contribution >= 4 is 0 Å². The van der Waals surface area contributed by atoms with Gasteiger partial charge < -0.3 is 0 Å². The maximum absolute atomic E-state index is 5.51. The van der Waals surface area contributed by atoms with Gasteiger partial charge in [0.05, 0.1) is 6.20 Å². The third-order valence-electron chi connectivity index (χ3n) is 2.42. The Labute approximate surface area is 85.5 Å². The molecule has 4 heteroatoms. The van der Waals surface area contributed by atoms with Crippen LogP contribution in [0.2, 0.25) is 0 Å². The number of nitrogens with two attached hydrogens (primary N) is 1. The summed E-state index contributed by atoms with van der Waals surface area (Å²) in [6.45, 7) is 2.20. The van der Waals surface area contributed by atoms with Crippen LogP contribution in [0, 0.1) is 0 Å². The van der Waals surface area contributed by atoms with Crippen molar-refractivity contribution < 1.29 is 0 Å². The number of hydrogen-bond acceptors (Lipinski definition) is 3. The summed E-state index contributed by atoms with van der Waals surface area (Å²) < 4.78 is 1.81. The largest absolute Gasteiger partial charge is 0.275 e. The van der Waals surface area contributed by atoms with E-state index >= 15 is 0 Å². The molecule has 0 aromatic carbocycles. The molecule has 3 N–H and O–H groups in total. The van der Waals surface area contributed by atoms with Crippen LogP contribution in [0.5, 0.6) is 0 Å². The Bertz CT molecular complexity index is 256. The predicted molar refractivity (Wildman–Crippen MR) is 57.4 cm³/mol. The monoisotopic (exact) mass is 196 g/mol. The second-order valence-electron chi connectivity index (χ2n) is 3.66. The maximum atomic E-state index is 5.51. The summed E-state index contributed by atoms with van der Waals surface area (Å²) in [4.78, 5) is 0. The van der Waals surface area contributed by atoms with Crippen LogP contribution in [0.3, 0.4) is 0 Å². The number of unbranched alkanes of at least 4 members (excludes halogenated alkanes) is 2. The molecule has 1 aromatic rings. The Morgan fingerprint density at radius 3 is 2.86 bits per heavy atom. The third kappa shape index (κ3) is 3.12. The molecule has 1 unspecified atom stereocenters. The Kier molecular flexibility index (Phi) is 4.62. The molecule has 0 aliphatic carbocycles. The SMILES string of the molecule is CCCCCC(NN)c1cnn(C)c1. The summed E-state index contributed by atoms with van der Waals surface area (Å²) in [6, 6.07) is 0.246. The Morgan fingerprint density at radius 2 is 2.36 bits per heavy atom. The standard InChI is InChI=1S/C10H20N4/c1-3-4-5-6-10(13-11)9-7-12-14(2)8-9/h7-8,10,13H,3-6,11H2,1-2H3. The average molecular weight is 196 g/mol. The van der Waals surface area contributed by atoms with E-state index in [1.54, 1.807) is 4.68 Å². The summed E-state index contributed by atoms with van der Waals surface area (Å²) >= 11 is 0. The third-order valence-corrected chi connectivity index (χ3v) is 2.42. The van der Waals surface area contributed by atoms with Crippen LogP contribution >= 0.6 is 0 Å². The molecule has 1 rings (SSSR count). The highest BCUT2D eigenvalue weighted by atomic mass is 15.3. The number of nitrogens with one attached hydrogen (secondary N) is 1. The van der Waals surface area contributed by atoms with Gasteiger partial charge in [0.2, 0.25) is 0 Å². The summed E-state index contributed by atoms with van der Waals surface area (Å²) in [6.07, 6.45) is 8.67. The fourth-order valence-electron chi connectivity index (χ4n) is 1.56. The predicted octanol–water partition coefficient (Wildman–Crippen LogP) is 1.50. The normalized spacial score (nSPS) is 13.1. The van der Waals surface area contributed by atoms with Crippen LogP contribution in [0.4, 0.5) is 0 Å². The van der Waals surface area contributed by atoms with E-state index in [1.165, 1.54) is 24.8 Å². The van der Waals surface area contributed by atoms with Crippen molar-refractivity contribution in [1.29, 1.82) is 0 Å². The quantitative estimate of drug-likeness (QED) is 0.412. The van der Waals surface area contributed by atoms with Crippen LogP contribution in [0.25, 0.3) is 0 Å². The number of rotatable bonds is 6. The van der Waals surface area contributed by atoms with E-state index in [2.05, 4.69) is 17.4 Å². The van der Waals surface area contributed by atoms with Crippen molar-refractivity contribution in [2.75, 3.05) is 0 Å². The number of aryl methyl sites for hydroxylation is 1. The summed E-state index contributed by atoms with van der Waals surface area (Å²) in [7, 11) is 1.92. The van der Waals surface area contributed by atoms with Crippen LogP contribution in [-0.4, -0.2) is 9.78 Å². The van der Waals surface area contributed by atoms with Gasteiger partial charge in [-0.1, -0.05) is 26.2 Å². The lowest BCUT2D eigenvalue weighted by molar-refractivity contribution is 0.486. The zero-order chi connectivity index (χ0) is 10.4. The smallest absolute Gasteiger partial charge is 0.0538 e. The van der Waals surface area contributed by atoms with Gasteiger partial charge in [-0.15, -0.1) is 0 Å². The zero-order valence-corrected chi connectivity index (χ0v) is 9.03. The highest BCUT2D eigenvalue weighted by molar-refractivity contribution is 5.09. The van der Waals surface area contributed by atoms with Crippen molar-refractivity contribution in [3.8, 4) is 0 Å². The molecule has 0 radical (unpaired) electrons. The lowest BCUT2D eigenvalue weighted by atomic mass is 10.0. The Morgan fingerprint density at radius 1 is 1.57 bits per heavy atom. The minimum absolute atomic E-state index is 0.246. The van der Waals surface area contributed by atoms with Gasteiger partial charge in [-0.25, -0.2) is 0 Å². The first-order valence-corrected chi connectivity index (χ1v) is 5.22. The van der Waals surface area contributed by atoms with Gasteiger partial charge >= 0.3 is 0 Å². The maximum Gasteiger partial charge on any atom is 0.0538 e. The topological polar surface area (TPSA) is 55.9 Å². The van der Waals surface area contributed by atoms with E-state index in [0.29, 0.717) is 0 Å². The van der Waals surface area contributed by atoms with Crippen molar-refractivity contribution in [3.05, 3.63) is 18.0 Å². The van der Waals surface area contributed by atoms with E-state index in [4.69, 9.17) is 5.84 Å². The molecule has 1 atom stereocenters. The summed E-state index contributed by atoms with van der Waals surface area (Å²) in [5.74, 6) is 5.51. The number of nitrogens with zero attached hydrogens (tertiary/aromatic N) is 2. The number of aromatic nitrogens is 2. The lowest BCUT2D eigenvalue weighted by Crippen LogP contribution is -2.27. The van der Waals surface area contributed by atoms with Gasteiger partial charge in [-0.2, -0.15) is 5.10 Å². The van der Waals surface area contributed by atoms with Crippen molar-refractivity contribution in [3.63, 3.8) is 0 Å². The lowest BCUT2D eigenvalue weighted by Gasteiger charge is -2.13. The van der Waals surface area contributed by atoms with Crippen LogP contribution < -0.4 is 11.3 Å². The van der Waals surface area contributed by atoms with Gasteiger partial charge in [0.25, 0.3) is 0 Å². The Balaban J connectivity index is 2.45. The van der Waals surface area contributed by atoms with E-state index in [9.17, 15) is 0 Å². The molecular formula is C10H20N4. The van der Waals surface area contributed by atoms with Gasteiger partial charge in [0, 0.05) is 24.8 Å². The first kappa shape index (κ1) is 11.2. The molecule has 1 heterocycles. The molecular weight excluding hydrogens is 176 g/mol. The molecule has 0 saturated carbocycles. The number of hydrogen-bond donors (Lipinski definition) is 2. The van der Waals surface area contributed by atoms with E-state index in [1.807, 2.05) is 19.4 Å². The molecule has 0 aliphatic heterocycles. The molecule has 0 saturated heterocycles. The van der Waals surface area contributed by atoms with Crippen LogP contribution in [0.1, 0.15) is 44.2 Å². The van der Waals surface area contributed by atoms with Gasteiger partial charge in [0.1, 0.15) is 0 Å². The number of hydrazine groups is 1. The van der Waals surface area contributed by atoms with Crippen molar-refractivity contribution in [2.45, 2.75) is 38.6 Å². The van der Waals surface area contributed by atoms with Gasteiger partial charge in [-0.05, 0) is 6.42 Å². The fraction of sp³-hybridized carbons (Fsp3) is 0.700. The fourth-order valence-corrected chi connectivity index (χ4v) is 1.56. The second kappa shape index (κ2) is 5.78. The molecule has 4 nitrogen and oxygen atoms in total. The summed E-state index contributed by atoms with van der Waals surface area (Å²) in [5.41, 5.74) is 4.01. The second-order valence-corrected chi connectivity index (χ2v) is 3.66. The van der Waals surface area contributed by atoms with E-state index in [-0.39, 0.29) is 6.04 Å². The summed E-state index contributed by atoms with van der Waals surface area (Å²) in [5, 5.41) is 4.13. The Hall–Kier alpha value is -0.870. The minimum Gasteiger partial charge on any atom is -0.275 e. The van der Waals surface area contributed by atoms with Gasteiger partial charge in [0.15, 0.2) is 0 Å². The van der Waals surface area contributed by atoms with Crippen molar-refractivity contribution in [1.82, 2.24) is 15.2 Å². The molecule has 0 spiro atoms. The highest BCUT2D eigenvalue weighted by Gasteiger charge is 2.10. The first-order chi connectivity index (χ1) is 6.77. The molecule has 0 aliphatic rings. The molecule has 80 valence electrons. The zero-order valence-electron chi connectivity index (χ0n) is 9.03. The molecule has 14 heavy (non-hydrogen) atoms. The van der Waals surface area contributed by atoms with E-state index in [0.717, 1.165) is 6.42 Å². The van der Waals surface area contributed by atoms with E-state index < -0.39 is 0 Å². The highest BCUT2D eigenvalue weighted by Crippen LogP contribution is 2.17. The van der Waals surface area contributed by atoms with Crippen LogP contribution in [-0.2, 0) is 7.05 Å². The molecule has 0 amide bonds. The first-order valence-electron chi connectivity index (χ1n) is 5.22. The van der Waals surface area contributed by atoms with Crippen LogP contribution in [0.15, 0.2) is 12.4 Å². The molecule has 1 aromatic heterocycles. The minimum atomic E-state index is 0.246. The van der Waals surface area contributed by atoms with Gasteiger partial charge in [-0.3, -0.25) is 16.0 Å².